The third-order valence-electron chi connectivity index (χ3n) is 1.35. The molecular formula is C8H7ClN2O. The van der Waals surface area contributed by atoms with Crippen molar-refractivity contribution in [1.82, 2.24) is 10.2 Å². The van der Waals surface area contributed by atoms with Gasteiger partial charge in [-0.25, -0.2) is 0 Å². The van der Waals surface area contributed by atoms with Crippen molar-refractivity contribution in [2.45, 2.75) is 0 Å². The lowest BCUT2D eigenvalue weighted by atomic mass is 10.3. The number of aromatic nitrogens is 2. The lowest BCUT2D eigenvalue weighted by molar-refractivity contribution is 0.569. The predicted octanol–water partition coefficient (Wildman–Crippen LogP) is 1.98. The van der Waals surface area contributed by atoms with Crippen LogP contribution in [-0.4, -0.2) is 15.9 Å². The molecule has 0 radical (unpaired) electrons. The second kappa shape index (κ2) is 4.51. The number of benzene rings is 1. The molecule has 0 saturated heterocycles. The van der Waals surface area contributed by atoms with E-state index in [9.17, 15) is 0 Å². The molecule has 0 aliphatic carbocycles. The SMILES string of the molecule is O=CCl.c1ccc2[nH]ncc2c1. The van der Waals surface area contributed by atoms with Gasteiger partial charge in [-0.1, -0.05) is 18.2 Å². The number of halogens is 1. The van der Waals surface area contributed by atoms with Crippen LogP contribution in [0, 0.1) is 0 Å². The van der Waals surface area contributed by atoms with E-state index in [1.807, 2.05) is 30.5 Å². The molecule has 3 nitrogen and oxygen atoms in total. The summed E-state index contributed by atoms with van der Waals surface area (Å²) in [6, 6.07) is 8.01. The number of nitrogens with one attached hydrogen (secondary N) is 1. The molecule has 0 aliphatic heterocycles. The Bertz CT molecular complexity index is 328. The van der Waals surface area contributed by atoms with E-state index in [4.69, 9.17) is 4.79 Å². The summed E-state index contributed by atoms with van der Waals surface area (Å²) in [5.74, 6) is 0.222. The maximum atomic E-state index is 8.57. The minimum absolute atomic E-state index is 0.222. The molecule has 2 aromatic rings. The lowest BCUT2D eigenvalue weighted by Gasteiger charge is -1.81. The minimum atomic E-state index is 0.222. The van der Waals surface area contributed by atoms with E-state index < -0.39 is 0 Å². The van der Waals surface area contributed by atoms with E-state index in [1.165, 1.54) is 0 Å². The highest BCUT2D eigenvalue weighted by molar-refractivity contribution is 6.54. The minimum Gasteiger partial charge on any atom is -0.285 e. The second-order valence-electron chi connectivity index (χ2n) is 2.05. The summed E-state index contributed by atoms with van der Waals surface area (Å²) >= 11 is 4.32. The molecule has 62 valence electrons. The number of para-hydroxylation sites is 1. The molecule has 2 rings (SSSR count). The van der Waals surface area contributed by atoms with Crippen molar-refractivity contribution < 1.29 is 4.79 Å². The normalized spacial score (nSPS) is 8.75. The predicted molar refractivity (Wildman–Crippen MR) is 48.7 cm³/mol. The molecule has 1 aromatic heterocycles. The fraction of sp³-hybridized carbons (Fsp3) is 0. The van der Waals surface area contributed by atoms with Gasteiger partial charge in [-0.05, 0) is 17.7 Å². The quantitative estimate of drug-likeness (QED) is 0.500. The highest BCUT2D eigenvalue weighted by Gasteiger charge is 1.88. The molecule has 1 heterocycles. The number of carbonyl (C=O) groups is 1. The van der Waals surface area contributed by atoms with E-state index in [1.54, 1.807) is 0 Å². The maximum absolute atomic E-state index is 8.57. The zero-order chi connectivity index (χ0) is 8.81. The third kappa shape index (κ3) is 2.07. The molecule has 1 aromatic carbocycles. The van der Waals surface area contributed by atoms with Crippen molar-refractivity contribution >= 4 is 28.2 Å². The summed E-state index contributed by atoms with van der Waals surface area (Å²) in [6.07, 6.45) is 1.81. The molecule has 0 atom stereocenters. The highest BCUT2D eigenvalue weighted by Crippen LogP contribution is 2.06. The Labute approximate surface area is 74.3 Å². The number of nitrogens with zero attached hydrogens (tertiary/aromatic N) is 1. The summed E-state index contributed by atoms with van der Waals surface area (Å²) in [5, 5.41) is 7.91. The molecule has 12 heavy (non-hydrogen) atoms. The fourth-order valence-corrected chi connectivity index (χ4v) is 0.883. The van der Waals surface area contributed by atoms with Crippen molar-refractivity contribution in [1.29, 1.82) is 0 Å². The van der Waals surface area contributed by atoms with Gasteiger partial charge in [0, 0.05) is 5.39 Å². The van der Waals surface area contributed by atoms with Crippen molar-refractivity contribution in [2.75, 3.05) is 0 Å². The zero-order valence-corrected chi connectivity index (χ0v) is 6.95. The van der Waals surface area contributed by atoms with E-state index >= 15 is 0 Å². The van der Waals surface area contributed by atoms with Crippen LogP contribution in [0.2, 0.25) is 0 Å². The topological polar surface area (TPSA) is 45.8 Å². The molecule has 0 aliphatic rings. The maximum Gasteiger partial charge on any atom is 0.208 e. The number of rotatable bonds is 0. The fourth-order valence-electron chi connectivity index (χ4n) is 0.883. The Kier molecular flexibility index (Phi) is 3.29. The second-order valence-corrected chi connectivity index (χ2v) is 2.22. The Balaban J connectivity index is 0.000000213. The van der Waals surface area contributed by atoms with Gasteiger partial charge in [0.25, 0.3) is 0 Å². The van der Waals surface area contributed by atoms with E-state index in [-0.39, 0.29) is 5.75 Å². The van der Waals surface area contributed by atoms with Crippen LogP contribution in [0.1, 0.15) is 0 Å². The molecule has 1 N–H and O–H groups in total. The smallest absolute Gasteiger partial charge is 0.208 e. The number of hydrogen-bond donors (Lipinski definition) is 1. The van der Waals surface area contributed by atoms with Gasteiger partial charge in [0.15, 0.2) is 0 Å². The summed E-state index contributed by atoms with van der Waals surface area (Å²) in [5.41, 5.74) is 1.09. The van der Waals surface area contributed by atoms with Gasteiger partial charge in [-0.3, -0.25) is 9.89 Å². The first-order valence-electron chi connectivity index (χ1n) is 3.30. The number of aromatic amines is 1. The first-order valence-corrected chi connectivity index (χ1v) is 3.74. The molecule has 0 fully saturated rings. The Morgan fingerprint density at radius 2 is 2.08 bits per heavy atom. The summed E-state index contributed by atoms with van der Waals surface area (Å²) < 4.78 is 0. The van der Waals surface area contributed by atoms with E-state index in [0.29, 0.717) is 0 Å². The number of fused-ring (bicyclic) bond motifs is 1. The summed E-state index contributed by atoms with van der Waals surface area (Å²) in [6.45, 7) is 0. The molecular weight excluding hydrogens is 176 g/mol. The van der Waals surface area contributed by atoms with Gasteiger partial charge in [0.05, 0.1) is 11.7 Å². The highest BCUT2D eigenvalue weighted by atomic mass is 35.5. The molecule has 0 saturated carbocycles. The third-order valence-corrected chi connectivity index (χ3v) is 1.35. The zero-order valence-electron chi connectivity index (χ0n) is 6.20. The van der Waals surface area contributed by atoms with Crippen LogP contribution in [0.3, 0.4) is 0 Å². The van der Waals surface area contributed by atoms with E-state index in [0.717, 1.165) is 10.9 Å². The van der Waals surface area contributed by atoms with E-state index in [2.05, 4.69) is 21.8 Å². The first kappa shape index (κ1) is 8.74. The molecule has 0 bridgehead atoms. The largest absolute Gasteiger partial charge is 0.285 e. The Morgan fingerprint density at radius 1 is 1.42 bits per heavy atom. The summed E-state index contributed by atoms with van der Waals surface area (Å²) in [7, 11) is 0. The van der Waals surface area contributed by atoms with Crippen molar-refractivity contribution in [3.05, 3.63) is 30.5 Å². The Morgan fingerprint density at radius 3 is 2.75 bits per heavy atom. The lowest BCUT2D eigenvalue weighted by Crippen LogP contribution is -1.63. The molecule has 4 heteroatoms. The van der Waals surface area contributed by atoms with Gasteiger partial charge >= 0.3 is 0 Å². The van der Waals surface area contributed by atoms with Crippen LogP contribution in [0.25, 0.3) is 10.9 Å². The molecule has 0 amide bonds. The van der Waals surface area contributed by atoms with Crippen LogP contribution in [0.4, 0.5) is 0 Å². The monoisotopic (exact) mass is 182 g/mol. The number of carbonyl (C=O) groups excluding carboxylic acids is 1. The van der Waals surface area contributed by atoms with Gasteiger partial charge in [-0.15, -0.1) is 0 Å². The van der Waals surface area contributed by atoms with Gasteiger partial charge < -0.3 is 0 Å². The van der Waals surface area contributed by atoms with Crippen LogP contribution in [-0.2, 0) is 4.79 Å². The van der Waals surface area contributed by atoms with Crippen LogP contribution >= 0.6 is 11.6 Å². The van der Waals surface area contributed by atoms with Crippen molar-refractivity contribution in [3.63, 3.8) is 0 Å². The summed E-state index contributed by atoms with van der Waals surface area (Å²) in [4.78, 5) is 8.57. The molecule has 0 spiro atoms. The van der Waals surface area contributed by atoms with Crippen molar-refractivity contribution in [2.24, 2.45) is 0 Å². The van der Waals surface area contributed by atoms with Crippen LogP contribution < -0.4 is 0 Å². The molecule has 0 unspecified atom stereocenters. The average Bonchev–Trinajstić information content (AvgIpc) is 2.52. The standard InChI is InChI=1S/C7H6N2.CHClO/c1-2-4-7-6(3-1)5-8-9-7;2-1-3/h1-5H,(H,8,9);1H. The Hall–Kier alpha value is -1.35. The first-order chi connectivity index (χ1) is 5.88. The van der Waals surface area contributed by atoms with Crippen molar-refractivity contribution in [3.8, 4) is 0 Å². The van der Waals surface area contributed by atoms with Crippen LogP contribution in [0.15, 0.2) is 30.5 Å². The van der Waals surface area contributed by atoms with Gasteiger partial charge in [0.1, 0.15) is 0 Å². The van der Waals surface area contributed by atoms with Crippen LogP contribution in [0.5, 0.6) is 0 Å². The van der Waals surface area contributed by atoms with Gasteiger partial charge in [0.2, 0.25) is 5.75 Å². The number of hydrogen-bond acceptors (Lipinski definition) is 2. The number of H-pyrrole nitrogens is 1. The van der Waals surface area contributed by atoms with Gasteiger partial charge in [-0.2, -0.15) is 5.10 Å². The average molecular weight is 183 g/mol.